The molecular weight excluding hydrogens is 346 g/mol. The normalized spacial score (nSPS) is 23.9. The van der Waals surface area contributed by atoms with E-state index in [0.717, 1.165) is 25.1 Å². The molecule has 0 aliphatic carbocycles. The number of furan rings is 1. The van der Waals surface area contributed by atoms with Gasteiger partial charge in [-0.05, 0) is 36.1 Å². The fourth-order valence-corrected chi connectivity index (χ4v) is 5.71. The Kier molecular flexibility index (Phi) is 3.70. The monoisotopic (exact) mass is 373 g/mol. The Hall–Kier alpha value is -2.46. The van der Waals surface area contributed by atoms with Crippen molar-refractivity contribution in [2.24, 2.45) is 0 Å². The number of hydrogen-bond acceptors (Lipinski definition) is 4. The number of rotatable bonds is 3. The molecule has 0 saturated carbocycles. The third-order valence-corrected chi connectivity index (χ3v) is 7.14. The van der Waals surface area contributed by atoms with E-state index < -0.39 is 0 Å². The van der Waals surface area contributed by atoms with Crippen molar-refractivity contribution in [2.75, 3.05) is 49.6 Å². The Morgan fingerprint density at radius 1 is 1.04 bits per heavy atom. The van der Waals surface area contributed by atoms with Gasteiger partial charge in [0.1, 0.15) is 5.58 Å². The molecule has 4 heteroatoms. The Balaban J connectivity index is 1.23. The smallest absolute Gasteiger partial charge is 0.137 e. The summed E-state index contributed by atoms with van der Waals surface area (Å²) in [5.74, 6) is 0.648. The zero-order valence-corrected chi connectivity index (χ0v) is 16.5. The molecule has 2 aromatic carbocycles. The molecule has 1 saturated heterocycles. The lowest BCUT2D eigenvalue weighted by Crippen LogP contribution is -2.49. The Bertz CT molecular complexity index is 1030. The topological polar surface area (TPSA) is 22.9 Å². The molecular formula is C24H27N3O. The van der Waals surface area contributed by atoms with Crippen LogP contribution in [0.2, 0.25) is 0 Å². The molecule has 0 radical (unpaired) electrons. The van der Waals surface area contributed by atoms with Gasteiger partial charge in [0.25, 0.3) is 0 Å². The molecule has 1 fully saturated rings. The molecule has 3 aliphatic rings. The quantitative estimate of drug-likeness (QED) is 0.689. The fraction of sp³-hybridized carbons (Fsp3) is 0.417. The number of hydrogen-bond donors (Lipinski definition) is 0. The number of para-hydroxylation sites is 2. The minimum Gasteiger partial charge on any atom is -0.464 e. The summed E-state index contributed by atoms with van der Waals surface area (Å²) in [5.41, 5.74) is 6.92. The average Bonchev–Trinajstić information content (AvgIpc) is 3.33. The van der Waals surface area contributed by atoms with Gasteiger partial charge in [-0.1, -0.05) is 30.3 Å². The first-order valence-electron chi connectivity index (χ1n) is 10.6. The van der Waals surface area contributed by atoms with Gasteiger partial charge in [0.2, 0.25) is 0 Å². The van der Waals surface area contributed by atoms with E-state index in [1.165, 1.54) is 48.4 Å². The van der Waals surface area contributed by atoms with Crippen molar-refractivity contribution >= 4 is 22.3 Å². The van der Waals surface area contributed by atoms with Crippen LogP contribution in [0.1, 0.15) is 23.5 Å². The van der Waals surface area contributed by atoms with Crippen molar-refractivity contribution in [3.8, 4) is 0 Å². The molecule has 3 aromatic rings. The second kappa shape index (κ2) is 6.28. The van der Waals surface area contributed by atoms with Gasteiger partial charge in [-0.3, -0.25) is 0 Å². The number of anilines is 2. The van der Waals surface area contributed by atoms with Crippen LogP contribution in [-0.4, -0.2) is 50.7 Å². The highest BCUT2D eigenvalue weighted by molar-refractivity contribution is 5.81. The molecule has 28 heavy (non-hydrogen) atoms. The van der Waals surface area contributed by atoms with Gasteiger partial charge in [-0.25, -0.2) is 0 Å². The van der Waals surface area contributed by atoms with Crippen molar-refractivity contribution in [2.45, 2.75) is 24.8 Å². The summed E-state index contributed by atoms with van der Waals surface area (Å²) < 4.78 is 5.73. The summed E-state index contributed by atoms with van der Waals surface area (Å²) in [5, 5.41) is 1.21. The van der Waals surface area contributed by atoms with E-state index in [4.69, 9.17) is 4.42 Å². The molecule has 6 rings (SSSR count). The number of benzene rings is 2. The van der Waals surface area contributed by atoms with E-state index in [2.05, 4.69) is 64.2 Å². The molecule has 0 bridgehead atoms. The van der Waals surface area contributed by atoms with E-state index in [9.17, 15) is 0 Å². The maximum Gasteiger partial charge on any atom is 0.137 e. The zero-order chi connectivity index (χ0) is 18.7. The van der Waals surface area contributed by atoms with Crippen molar-refractivity contribution in [1.29, 1.82) is 0 Å². The fourth-order valence-electron chi connectivity index (χ4n) is 5.71. The maximum absolute atomic E-state index is 5.73. The predicted octanol–water partition coefficient (Wildman–Crippen LogP) is 4.10. The molecule has 3 aliphatic heterocycles. The molecule has 1 aromatic heterocycles. The van der Waals surface area contributed by atoms with Crippen LogP contribution < -0.4 is 9.80 Å². The van der Waals surface area contributed by atoms with Crippen LogP contribution in [0.15, 0.2) is 53.1 Å². The Morgan fingerprint density at radius 2 is 1.96 bits per heavy atom. The highest BCUT2D eigenvalue weighted by atomic mass is 16.3. The van der Waals surface area contributed by atoms with Crippen LogP contribution in [0.4, 0.5) is 11.4 Å². The highest BCUT2D eigenvalue weighted by Crippen LogP contribution is 2.50. The first-order valence-corrected chi connectivity index (χ1v) is 10.6. The van der Waals surface area contributed by atoms with Crippen LogP contribution in [0.3, 0.4) is 0 Å². The molecule has 2 atom stereocenters. The van der Waals surface area contributed by atoms with Crippen molar-refractivity contribution in [3.63, 3.8) is 0 Å². The lowest BCUT2D eigenvalue weighted by Gasteiger charge is -2.41. The Labute approximate surface area is 166 Å². The summed E-state index contributed by atoms with van der Waals surface area (Å²) in [6.07, 6.45) is 4.13. The number of fused-ring (bicyclic) bond motifs is 4. The third-order valence-electron chi connectivity index (χ3n) is 7.14. The third kappa shape index (κ3) is 2.40. The zero-order valence-electron chi connectivity index (χ0n) is 16.5. The second-order valence-electron chi connectivity index (χ2n) is 8.60. The van der Waals surface area contributed by atoms with E-state index in [-0.39, 0.29) is 0 Å². The van der Waals surface area contributed by atoms with E-state index in [0.29, 0.717) is 12.0 Å². The van der Waals surface area contributed by atoms with E-state index >= 15 is 0 Å². The first kappa shape index (κ1) is 16.5. The number of likely N-dealkylation sites (N-methyl/N-ethyl adjacent to an activating group) is 1. The molecule has 0 spiro atoms. The lowest BCUT2D eigenvalue weighted by molar-refractivity contribution is 0.195. The minimum absolute atomic E-state index is 0.648. The summed E-state index contributed by atoms with van der Waals surface area (Å²) in [4.78, 5) is 7.81. The van der Waals surface area contributed by atoms with Gasteiger partial charge in [0, 0.05) is 57.1 Å². The van der Waals surface area contributed by atoms with Crippen LogP contribution in [0.25, 0.3) is 11.0 Å². The lowest BCUT2D eigenvalue weighted by atomic mass is 9.89. The van der Waals surface area contributed by atoms with Gasteiger partial charge >= 0.3 is 0 Å². The van der Waals surface area contributed by atoms with E-state index in [1.54, 1.807) is 11.8 Å². The van der Waals surface area contributed by atoms with Gasteiger partial charge in [-0.15, -0.1) is 0 Å². The highest BCUT2D eigenvalue weighted by Gasteiger charge is 2.44. The maximum atomic E-state index is 5.73. The second-order valence-corrected chi connectivity index (χ2v) is 8.60. The largest absolute Gasteiger partial charge is 0.464 e. The summed E-state index contributed by atoms with van der Waals surface area (Å²) in [7, 11) is 2.23. The van der Waals surface area contributed by atoms with Crippen LogP contribution in [0, 0.1) is 0 Å². The van der Waals surface area contributed by atoms with Crippen LogP contribution in [-0.2, 0) is 6.42 Å². The summed E-state index contributed by atoms with van der Waals surface area (Å²) in [6.45, 7) is 5.79. The standard InChI is InChI=1S/C24H27N3O/c1-25-13-14-27-21-9-12-26(16-20(21)19-6-3-7-22(25)23(19)27)11-8-17-4-2-5-18-10-15-28-24(17)18/h2-7,10,15,20-21H,8-9,11-14,16H2,1H3. The first-order chi connectivity index (χ1) is 13.8. The predicted molar refractivity (Wildman–Crippen MR) is 115 cm³/mol. The Morgan fingerprint density at radius 3 is 2.93 bits per heavy atom. The molecule has 4 heterocycles. The number of likely N-dealkylation sites (tertiary alicyclic amines) is 1. The van der Waals surface area contributed by atoms with Gasteiger partial charge in [-0.2, -0.15) is 0 Å². The molecule has 4 nitrogen and oxygen atoms in total. The van der Waals surface area contributed by atoms with Gasteiger partial charge in [0.05, 0.1) is 17.6 Å². The number of piperidine rings is 1. The van der Waals surface area contributed by atoms with Crippen LogP contribution >= 0.6 is 0 Å². The average molecular weight is 374 g/mol. The summed E-state index contributed by atoms with van der Waals surface area (Å²) in [6, 6.07) is 16.2. The molecule has 2 unspecified atom stereocenters. The van der Waals surface area contributed by atoms with Gasteiger partial charge in [0.15, 0.2) is 0 Å². The van der Waals surface area contributed by atoms with E-state index in [1.807, 2.05) is 0 Å². The van der Waals surface area contributed by atoms with Crippen molar-refractivity contribution in [3.05, 3.63) is 59.9 Å². The van der Waals surface area contributed by atoms with Gasteiger partial charge < -0.3 is 19.1 Å². The number of nitrogens with zero attached hydrogens (tertiary/aromatic N) is 3. The SMILES string of the molecule is CN1CCN2c3c(cccc31)C1CN(CCc3cccc4ccoc34)CCC12. The minimum atomic E-state index is 0.648. The molecule has 0 N–H and O–H groups in total. The summed E-state index contributed by atoms with van der Waals surface area (Å²) >= 11 is 0. The van der Waals surface area contributed by atoms with Crippen molar-refractivity contribution in [1.82, 2.24) is 4.90 Å². The molecule has 144 valence electrons. The van der Waals surface area contributed by atoms with Crippen LogP contribution in [0.5, 0.6) is 0 Å². The molecule has 0 amide bonds. The van der Waals surface area contributed by atoms with Crippen molar-refractivity contribution < 1.29 is 4.42 Å².